The number of nitrogens with one attached hydrogen (secondary N) is 2. The van der Waals surface area contributed by atoms with Crippen molar-refractivity contribution in [3.05, 3.63) is 0 Å². The molecule has 1 aliphatic heterocycles. The average molecular weight is 101 g/mol. The number of rotatable bonds is 1. The van der Waals surface area contributed by atoms with E-state index in [1.54, 1.807) is 0 Å². The lowest BCUT2D eigenvalue weighted by molar-refractivity contribution is 0.158. The van der Waals surface area contributed by atoms with E-state index in [1.165, 1.54) is 0 Å². The summed E-state index contributed by atoms with van der Waals surface area (Å²) >= 11 is 0. The first-order valence-corrected chi connectivity index (χ1v) is 2.48. The van der Waals surface area contributed by atoms with Gasteiger partial charge in [-0.2, -0.15) is 0 Å². The molecule has 3 heteroatoms. The molecule has 0 aromatic rings. The van der Waals surface area contributed by atoms with Gasteiger partial charge in [0.05, 0.1) is 6.17 Å². The molecule has 2 N–H and O–H groups in total. The predicted octanol–water partition coefficient (Wildman–Crippen LogP) is -1.06. The van der Waals surface area contributed by atoms with Crippen LogP contribution in [0, 0.1) is 0 Å². The van der Waals surface area contributed by atoms with Crippen molar-refractivity contribution >= 4 is 0 Å². The Bertz CT molecular complexity index is 51.7. The molecule has 0 aromatic carbocycles. The van der Waals surface area contributed by atoms with Gasteiger partial charge in [-0.25, -0.2) is 5.11 Å². The number of hydrogen-bond acceptors (Lipinski definition) is 2. The normalized spacial score (nSPS) is 23.6. The third-order valence-electron chi connectivity index (χ3n) is 1.07. The van der Waals surface area contributed by atoms with Crippen LogP contribution < -0.4 is 10.6 Å². The highest BCUT2D eigenvalue weighted by Crippen LogP contribution is 1.80. The summed E-state index contributed by atoms with van der Waals surface area (Å²) in [6, 6.07) is 0. The van der Waals surface area contributed by atoms with Crippen LogP contribution in [0.1, 0.15) is 0 Å². The Morgan fingerprint density at radius 3 is 2.29 bits per heavy atom. The maximum atomic E-state index is 10.0. The predicted molar refractivity (Wildman–Crippen MR) is 25.3 cm³/mol. The lowest BCUT2D eigenvalue weighted by Gasteiger charge is -2.01. The molecule has 0 spiro atoms. The Morgan fingerprint density at radius 2 is 2.00 bits per heavy atom. The molecular formula is C4H9N2O. The van der Waals surface area contributed by atoms with E-state index in [0.29, 0.717) is 0 Å². The van der Waals surface area contributed by atoms with E-state index < -0.39 is 0 Å². The van der Waals surface area contributed by atoms with Crippen LogP contribution in [0.15, 0.2) is 0 Å². The summed E-state index contributed by atoms with van der Waals surface area (Å²) in [6.07, 6.45) is 0.0417. The lowest BCUT2D eigenvalue weighted by atomic mass is 10.6. The Labute approximate surface area is 42.7 Å². The van der Waals surface area contributed by atoms with Gasteiger partial charge in [-0.1, -0.05) is 0 Å². The Kier molecular flexibility index (Phi) is 1.62. The molecule has 0 saturated carbocycles. The van der Waals surface area contributed by atoms with Crippen LogP contribution in [0.4, 0.5) is 0 Å². The standard InChI is InChI=1S/C4H9N2O/c7-3-4-5-1-2-6-4/h4-6H,1-3H2. The SMILES string of the molecule is [O]CC1NCCN1. The highest BCUT2D eigenvalue weighted by molar-refractivity contribution is 4.70. The van der Waals surface area contributed by atoms with E-state index in [1.807, 2.05) is 0 Å². The second-order valence-corrected chi connectivity index (χ2v) is 1.63. The minimum atomic E-state index is -0.0556. The zero-order chi connectivity index (χ0) is 5.11. The molecule has 1 heterocycles. The fourth-order valence-electron chi connectivity index (χ4n) is 0.683. The third-order valence-corrected chi connectivity index (χ3v) is 1.07. The van der Waals surface area contributed by atoms with E-state index in [0.717, 1.165) is 13.1 Å². The second-order valence-electron chi connectivity index (χ2n) is 1.63. The molecule has 1 rings (SSSR count). The largest absolute Gasteiger partial charge is 0.299 e. The van der Waals surface area contributed by atoms with Gasteiger partial charge in [-0.05, 0) is 0 Å². The fourth-order valence-corrected chi connectivity index (χ4v) is 0.683. The molecule has 41 valence electrons. The van der Waals surface area contributed by atoms with Crippen LogP contribution in [0.25, 0.3) is 0 Å². The quantitative estimate of drug-likeness (QED) is 0.442. The molecule has 1 radical (unpaired) electrons. The van der Waals surface area contributed by atoms with Crippen molar-refractivity contribution in [1.29, 1.82) is 0 Å². The van der Waals surface area contributed by atoms with Crippen LogP contribution >= 0.6 is 0 Å². The average Bonchev–Trinajstić information content (AvgIpc) is 2.14. The molecule has 1 aliphatic rings. The first-order chi connectivity index (χ1) is 3.43. The van der Waals surface area contributed by atoms with E-state index in [2.05, 4.69) is 10.6 Å². The van der Waals surface area contributed by atoms with Crippen molar-refractivity contribution < 1.29 is 5.11 Å². The molecule has 1 fully saturated rings. The van der Waals surface area contributed by atoms with Crippen LogP contribution in [-0.4, -0.2) is 25.9 Å². The van der Waals surface area contributed by atoms with E-state index in [-0.39, 0.29) is 12.8 Å². The third kappa shape index (κ3) is 1.12. The molecule has 0 amide bonds. The van der Waals surface area contributed by atoms with Crippen molar-refractivity contribution in [2.24, 2.45) is 0 Å². The van der Waals surface area contributed by atoms with Crippen LogP contribution in [0.5, 0.6) is 0 Å². The topological polar surface area (TPSA) is 44.0 Å². The van der Waals surface area contributed by atoms with E-state index in [9.17, 15) is 5.11 Å². The van der Waals surface area contributed by atoms with Gasteiger partial charge in [-0.15, -0.1) is 0 Å². The maximum absolute atomic E-state index is 10.0. The van der Waals surface area contributed by atoms with Crippen LogP contribution in [0.3, 0.4) is 0 Å². The summed E-state index contributed by atoms with van der Waals surface area (Å²) < 4.78 is 0. The molecule has 0 unspecified atom stereocenters. The van der Waals surface area contributed by atoms with Crippen molar-refractivity contribution in [3.8, 4) is 0 Å². The first-order valence-electron chi connectivity index (χ1n) is 2.48. The van der Waals surface area contributed by atoms with Crippen molar-refractivity contribution in [2.45, 2.75) is 6.17 Å². The summed E-state index contributed by atoms with van der Waals surface area (Å²) in [5, 5.41) is 16.0. The van der Waals surface area contributed by atoms with E-state index in [4.69, 9.17) is 0 Å². The van der Waals surface area contributed by atoms with Gasteiger partial charge < -0.3 is 0 Å². The van der Waals surface area contributed by atoms with Gasteiger partial charge in [0.15, 0.2) is 0 Å². The lowest BCUT2D eigenvalue weighted by Crippen LogP contribution is -2.33. The van der Waals surface area contributed by atoms with Gasteiger partial charge in [0.2, 0.25) is 0 Å². The fraction of sp³-hybridized carbons (Fsp3) is 1.00. The Morgan fingerprint density at radius 1 is 1.43 bits per heavy atom. The number of hydrogen-bond donors (Lipinski definition) is 2. The highest BCUT2D eigenvalue weighted by atomic mass is 16.3. The van der Waals surface area contributed by atoms with Crippen molar-refractivity contribution in [3.63, 3.8) is 0 Å². The Balaban J connectivity index is 2.14. The molecular weight excluding hydrogens is 92.1 g/mol. The molecule has 0 bridgehead atoms. The summed E-state index contributed by atoms with van der Waals surface area (Å²) in [7, 11) is 0. The van der Waals surface area contributed by atoms with Crippen molar-refractivity contribution in [1.82, 2.24) is 10.6 Å². The summed E-state index contributed by atoms with van der Waals surface area (Å²) in [4.78, 5) is 0. The minimum absolute atomic E-state index is 0.0417. The summed E-state index contributed by atoms with van der Waals surface area (Å²) in [6.45, 7) is 1.82. The van der Waals surface area contributed by atoms with E-state index >= 15 is 0 Å². The van der Waals surface area contributed by atoms with Crippen LogP contribution in [0.2, 0.25) is 0 Å². The zero-order valence-electron chi connectivity index (χ0n) is 4.11. The molecule has 3 nitrogen and oxygen atoms in total. The highest BCUT2D eigenvalue weighted by Gasteiger charge is 2.10. The molecule has 0 aromatic heterocycles. The van der Waals surface area contributed by atoms with Gasteiger partial charge in [0.1, 0.15) is 6.61 Å². The van der Waals surface area contributed by atoms with Gasteiger partial charge in [-0.3, -0.25) is 10.6 Å². The summed E-state index contributed by atoms with van der Waals surface area (Å²) in [5.74, 6) is 0. The maximum Gasteiger partial charge on any atom is 0.111 e. The van der Waals surface area contributed by atoms with Gasteiger partial charge >= 0.3 is 0 Å². The van der Waals surface area contributed by atoms with Gasteiger partial charge in [0, 0.05) is 13.1 Å². The van der Waals surface area contributed by atoms with Crippen LogP contribution in [-0.2, 0) is 5.11 Å². The second kappa shape index (κ2) is 2.26. The monoisotopic (exact) mass is 101 g/mol. The molecule has 1 saturated heterocycles. The van der Waals surface area contributed by atoms with Gasteiger partial charge in [0.25, 0.3) is 0 Å². The molecule has 0 aliphatic carbocycles. The minimum Gasteiger partial charge on any atom is -0.299 e. The van der Waals surface area contributed by atoms with Crippen molar-refractivity contribution in [2.75, 3.05) is 19.7 Å². The molecule has 0 atom stereocenters. The Hall–Kier alpha value is -0.120. The smallest absolute Gasteiger partial charge is 0.111 e. The first kappa shape index (κ1) is 5.03. The zero-order valence-corrected chi connectivity index (χ0v) is 4.11. The summed E-state index contributed by atoms with van der Waals surface area (Å²) in [5.41, 5.74) is 0. The molecule has 7 heavy (non-hydrogen) atoms.